The summed E-state index contributed by atoms with van der Waals surface area (Å²) in [4.78, 5) is 0. The Morgan fingerprint density at radius 3 is 2.50 bits per heavy atom. The molecule has 2 aromatic carbocycles. The van der Waals surface area contributed by atoms with Gasteiger partial charge in [0.05, 0.1) is 6.21 Å². The zero-order chi connectivity index (χ0) is 14.2. The van der Waals surface area contributed by atoms with E-state index in [1.807, 2.05) is 30.3 Å². The number of hydrogen-bond acceptors (Lipinski definition) is 3. The number of amidine groups is 1. The van der Waals surface area contributed by atoms with Crippen molar-refractivity contribution < 1.29 is 0 Å². The van der Waals surface area contributed by atoms with Gasteiger partial charge in [-0.1, -0.05) is 65.8 Å². The average Bonchev–Trinajstić information content (AvgIpc) is 2.48. The van der Waals surface area contributed by atoms with Crippen LogP contribution in [0.15, 0.2) is 64.8 Å². The molecule has 0 bridgehead atoms. The van der Waals surface area contributed by atoms with E-state index in [0.29, 0.717) is 10.2 Å². The number of benzene rings is 2. The summed E-state index contributed by atoms with van der Waals surface area (Å²) in [5.41, 5.74) is 7.92. The van der Waals surface area contributed by atoms with Gasteiger partial charge < -0.3 is 5.73 Å². The first-order chi connectivity index (χ1) is 9.74. The molecule has 0 atom stereocenters. The summed E-state index contributed by atoms with van der Waals surface area (Å²) in [7, 11) is 0. The summed E-state index contributed by atoms with van der Waals surface area (Å²) in [6.45, 7) is 0. The highest BCUT2D eigenvalue weighted by Gasteiger charge is 1.95. The topological polar surface area (TPSA) is 50.7 Å². The van der Waals surface area contributed by atoms with Crippen LogP contribution in [0.4, 0.5) is 0 Å². The fourth-order valence-electron chi connectivity index (χ4n) is 1.46. The third-order valence-corrected chi connectivity index (χ3v) is 3.57. The van der Waals surface area contributed by atoms with Gasteiger partial charge in [-0.15, -0.1) is 5.10 Å². The van der Waals surface area contributed by atoms with E-state index in [2.05, 4.69) is 22.3 Å². The number of halogens is 1. The standard InChI is InChI=1S/C15H14ClN3S/c16-14-8-6-12(7-9-14)10-18-19-15(17)20-11-13-4-2-1-3-5-13/h1-10H,11H2,(H2,17,19). The van der Waals surface area contributed by atoms with Gasteiger partial charge in [0.1, 0.15) is 0 Å². The molecule has 5 heteroatoms. The number of rotatable bonds is 4. The number of nitrogens with two attached hydrogens (primary N) is 1. The van der Waals surface area contributed by atoms with Crippen molar-refractivity contribution in [3.63, 3.8) is 0 Å². The third-order valence-electron chi connectivity index (χ3n) is 2.46. The lowest BCUT2D eigenvalue weighted by molar-refractivity contribution is 1.25. The molecule has 0 unspecified atom stereocenters. The SMILES string of the molecule is NC(=NN=Cc1ccc(Cl)cc1)SCc1ccccc1. The van der Waals surface area contributed by atoms with Gasteiger partial charge in [0.25, 0.3) is 0 Å². The number of thioether (sulfide) groups is 1. The van der Waals surface area contributed by atoms with E-state index in [0.717, 1.165) is 11.3 Å². The maximum absolute atomic E-state index is 5.80. The molecule has 0 aliphatic carbocycles. The highest BCUT2D eigenvalue weighted by Crippen LogP contribution is 2.11. The summed E-state index contributed by atoms with van der Waals surface area (Å²) >= 11 is 7.26. The quantitative estimate of drug-likeness (QED) is 0.529. The molecule has 102 valence electrons. The van der Waals surface area contributed by atoms with Crippen molar-refractivity contribution >= 4 is 34.7 Å². The summed E-state index contributed by atoms with van der Waals surface area (Å²) in [6, 6.07) is 17.4. The van der Waals surface area contributed by atoms with Crippen molar-refractivity contribution in [2.75, 3.05) is 0 Å². The molecule has 0 fully saturated rings. The molecule has 20 heavy (non-hydrogen) atoms. The van der Waals surface area contributed by atoms with E-state index >= 15 is 0 Å². The minimum Gasteiger partial charge on any atom is -0.377 e. The summed E-state index contributed by atoms with van der Waals surface area (Å²) in [5, 5.41) is 9.05. The van der Waals surface area contributed by atoms with E-state index < -0.39 is 0 Å². The Bertz CT molecular complexity index is 594. The van der Waals surface area contributed by atoms with Crippen LogP contribution in [0.5, 0.6) is 0 Å². The normalized spacial score (nSPS) is 11.9. The first kappa shape index (κ1) is 14.6. The van der Waals surface area contributed by atoms with Gasteiger partial charge in [-0.05, 0) is 23.3 Å². The maximum Gasteiger partial charge on any atom is 0.180 e. The Morgan fingerprint density at radius 2 is 1.80 bits per heavy atom. The summed E-state index contributed by atoms with van der Waals surface area (Å²) < 4.78 is 0. The van der Waals surface area contributed by atoms with Crippen molar-refractivity contribution in [1.82, 2.24) is 0 Å². The van der Waals surface area contributed by atoms with Gasteiger partial charge in [-0.3, -0.25) is 0 Å². The Labute approximate surface area is 127 Å². The molecular formula is C15H14ClN3S. The Morgan fingerprint density at radius 1 is 1.10 bits per heavy atom. The van der Waals surface area contributed by atoms with Gasteiger partial charge in [0.2, 0.25) is 0 Å². The second-order valence-corrected chi connectivity index (χ2v) is 5.44. The van der Waals surface area contributed by atoms with Gasteiger partial charge in [-0.25, -0.2) is 0 Å². The fourth-order valence-corrected chi connectivity index (χ4v) is 2.20. The highest BCUT2D eigenvalue weighted by atomic mass is 35.5. The van der Waals surface area contributed by atoms with E-state index in [-0.39, 0.29) is 0 Å². The van der Waals surface area contributed by atoms with E-state index in [9.17, 15) is 0 Å². The Balaban J connectivity index is 1.86. The first-order valence-electron chi connectivity index (χ1n) is 6.03. The van der Waals surface area contributed by atoms with Gasteiger partial charge in [0.15, 0.2) is 5.17 Å². The van der Waals surface area contributed by atoms with E-state index in [1.54, 1.807) is 18.3 Å². The highest BCUT2D eigenvalue weighted by molar-refractivity contribution is 8.13. The molecule has 0 saturated heterocycles. The molecular weight excluding hydrogens is 290 g/mol. The van der Waals surface area contributed by atoms with Crippen molar-refractivity contribution in [2.24, 2.45) is 15.9 Å². The lowest BCUT2D eigenvalue weighted by Gasteiger charge is -1.99. The van der Waals surface area contributed by atoms with Gasteiger partial charge in [0, 0.05) is 10.8 Å². The predicted molar refractivity (Wildman–Crippen MR) is 88.4 cm³/mol. The molecule has 0 saturated carbocycles. The minimum absolute atomic E-state index is 0.444. The predicted octanol–water partition coefficient (Wildman–Crippen LogP) is 3.92. The van der Waals surface area contributed by atoms with Crippen LogP contribution < -0.4 is 5.73 Å². The Hall–Kier alpha value is -1.78. The third kappa shape index (κ3) is 5.07. The monoisotopic (exact) mass is 303 g/mol. The zero-order valence-electron chi connectivity index (χ0n) is 10.7. The lowest BCUT2D eigenvalue weighted by atomic mass is 10.2. The van der Waals surface area contributed by atoms with Crippen LogP contribution in [0.3, 0.4) is 0 Å². The molecule has 0 aromatic heterocycles. The second-order valence-electron chi connectivity index (χ2n) is 4.01. The molecule has 0 heterocycles. The Kier molecular flexibility index (Phi) is 5.65. The first-order valence-corrected chi connectivity index (χ1v) is 7.39. The molecule has 0 aliphatic heterocycles. The number of hydrogen-bond donors (Lipinski definition) is 1. The van der Waals surface area contributed by atoms with Crippen molar-refractivity contribution in [2.45, 2.75) is 5.75 Å². The summed E-state index contributed by atoms with van der Waals surface area (Å²) in [6.07, 6.45) is 1.65. The van der Waals surface area contributed by atoms with Crippen molar-refractivity contribution in [3.05, 3.63) is 70.7 Å². The fraction of sp³-hybridized carbons (Fsp3) is 0.0667. The second kappa shape index (κ2) is 7.72. The lowest BCUT2D eigenvalue weighted by Crippen LogP contribution is -2.05. The van der Waals surface area contributed by atoms with E-state index in [1.165, 1.54) is 17.3 Å². The van der Waals surface area contributed by atoms with Crippen LogP contribution in [-0.4, -0.2) is 11.4 Å². The summed E-state index contributed by atoms with van der Waals surface area (Å²) in [5.74, 6) is 0.784. The molecule has 0 aliphatic rings. The van der Waals surface area contributed by atoms with Gasteiger partial charge in [-0.2, -0.15) is 5.10 Å². The van der Waals surface area contributed by atoms with Gasteiger partial charge >= 0.3 is 0 Å². The molecule has 2 aromatic rings. The minimum atomic E-state index is 0.444. The molecule has 3 nitrogen and oxygen atoms in total. The average molecular weight is 304 g/mol. The maximum atomic E-state index is 5.80. The molecule has 2 rings (SSSR count). The van der Waals surface area contributed by atoms with Crippen LogP contribution in [0, 0.1) is 0 Å². The van der Waals surface area contributed by atoms with Crippen LogP contribution in [-0.2, 0) is 5.75 Å². The van der Waals surface area contributed by atoms with Crippen LogP contribution in [0.1, 0.15) is 11.1 Å². The largest absolute Gasteiger partial charge is 0.377 e. The van der Waals surface area contributed by atoms with Crippen LogP contribution in [0.25, 0.3) is 0 Å². The zero-order valence-corrected chi connectivity index (χ0v) is 12.3. The van der Waals surface area contributed by atoms with E-state index in [4.69, 9.17) is 17.3 Å². The molecule has 2 N–H and O–H groups in total. The molecule has 0 radical (unpaired) electrons. The van der Waals surface area contributed by atoms with Crippen molar-refractivity contribution in [3.8, 4) is 0 Å². The molecule has 0 amide bonds. The van der Waals surface area contributed by atoms with Crippen LogP contribution >= 0.6 is 23.4 Å². The van der Waals surface area contributed by atoms with Crippen molar-refractivity contribution in [1.29, 1.82) is 0 Å². The van der Waals surface area contributed by atoms with Crippen LogP contribution in [0.2, 0.25) is 5.02 Å². The number of nitrogens with zero attached hydrogens (tertiary/aromatic N) is 2. The molecule has 0 spiro atoms. The smallest absolute Gasteiger partial charge is 0.180 e.